The van der Waals surface area contributed by atoms with Crippen molar-refractivity contribution in [3.8, 4) is 0 Å². The van der Waals surface area contributed by atoms with Gasteiger partial charge in [-0.05, 0) is 31.0 Å². The summed E-state index contributed by atoms with van der Waals surface area (Å²) in [6.45, 7) is 3.12. The van der Waals surface area contributed by atoms with Gasteiger partial charge in [-0.15, -0.1) is 0 Å². The van der Waals surface area contributed by atoms with Gasteiger partial charge in [0.2, 0.25) is 0 Å². The average Bonchev–Trinajstić information content (AvgIpc) is 2.56. The van der Waals surface area contributed by atoms with Gasteiger partial charge >= 0.3 is 0 Å². The van der Waals surface area contributed by atoms with Crippen molar-refractivity contribution in [3.05, 3.63) is 58.7 Å². The molecule has 6 heteroatoms. The number of anilines is 1. The molecule has 1 atom stereocenters. The number of hydrogen-bond acceptors (Lipinski definition) is 4. The largest absolute Gasteiger partial charge is 0.378 e. The van der Waals surface area contributed by atoms with Gasteiger partial charge in [-0.25, -0.2) is 4.98 Å². The molecule has 0 aliphatic heterocycles. The van der Waals surface area contributed by atoms with Crippen LogP contribution in [0.1, 0.15) is 23.7 Å². The van der Waals surface area contributed by atoms with Gasteiger partial charge in [0, 0.05) is 29.9 Å². The number of amides is 1. The summed E-state index contributed by atoms with van der Waals surface area (Å²) >= 11 is 5.97. The van der Waals surface area contributed by atoms with Gasteiger partial charge in [0.25, 0.3) is 5.91 Å². The summed E-state index contributed by atoms with van der Waals surface area (Å²) in [5, 5.41) is 16.3. The molecule has 1 aromatic carbocycles. The van der Waals surface area contributed by atoms with E-state index in [1.807, 2.05) is 19.1 Å². The van der Waals surface area contributed by atoms with Crippen LogP contribution in [0.5, 0.6) is 0 Å². The van der Waals surface area contributed by atoms with Crippen molar-refractivity contribution in [2.24, 2.45) is 0 Å². The lowest BCUT2D eigenvalue weighted by molar-refractivity contribution is -0.129. The zero-order valence-electron chi connectivity index (χ0n) is 12.9. The lowest BCUT2D eigenvalue weighted by Gasteiger charge is -2.13. The fourth-order valence-corrected chi connectivity index (χ4v) is 2.26. The van der Waals surface area contributed by atoms with Gasteiger partial charge in [-0.3, -0.25) is 4.79 Å². The maximum Gasteiger partial charge on any atom is 0.253 e. The lowest BCUT2D eigenvalue weighted by Crippen LogP contribution is -2.31. The number of carbonyl (C=O) groups is 1. The number of pyridine rings is 1. The Labute approximate surface area is 140 Å². The number of aryl methyl sites for hydroxylation is 1. The van der Waals surface area contributed by atoms with Crippen LogP contribution in [0.4, 0.5) is 5.82 Å². The van der Waals surface area contributed by atoms with Crippen molar-refractivity contribution in [3.63, 3.8) is 0 Å². The topological polar surface area (TPSA) is 74.2 Å². The molecule has 1 amide bonds. The van der Waals surface area contributed by atoms with E-state index in [1.165, 1.54) is 0 Å². The Balaban J connectivity index is 1.70. The molecule has 0 saturated heterocycles. The van der Waals surface area contributed by atoms with E-state index in [0.29, 0.717) is 23.7 Å². The molecule has 5 nitrogen and oxygen atoms in total. The standard InChI is InChI=1S/C17H20ClN3O2/c1-12-7-8-15(21-11-12)19-9-4-10-20-17(23)16(22)13-5-2-3-6-14(13)18/h2-3,5-8,11,16,22H,4,9-10H2,1H3,(H,19,21)(H,20,23)/t16-/m0/s1. The minimum absolute atomic E-state index is 0.377. The number of hydrogen-bond donors (Lipinski definition) is 3. The zero-order chi connectivity index (χ0) is 16.7. The highest BCUT2D eigenvalue weighted by molar-refractivity contribution is 6.31. The number of benzene rings is 1. The summed E-state index contributed by atoms with van der Waals surface area (Å²) < 4.78 is 0. The molecule has 3 N–H and O–H groups in total. The first-order valence-electron chi connectivity index (χ1n) is 7.44. The number of aliphatic hydroxyl groups is 1. The summed E-state index contributed by atoms with van der Waals surface area (Å²) in [6, 6.07) is 10.7. The van der Waals surface area contributed by atoms with Crippen LogP contribution in [-0.2, 0) is 4.79 Å². The molecular weight excluding hydrogens is 314 g/mol. The Bertz CT molecular complexity index is 647. The molecule has 0 bridgehead atoms. The number of carbonyl (C=O) groups excluding carboxylic acids is 1. The third-order valence-corrected chi connectivity index (χ3v) is 3.66. The third-order valence-electron chi connectivity index (χ3n) is 3.32. The minimum atomic E-state index is -1.25. The Kier molecular flexibility index (Phi) is 6.38. The van der Waals surface area contributed by atoms with Gasteiger partial charge in [0.05, 0.1) is 0 Å². The van der Waals surface area contributed by atoms with E-state index in [2.05, 4.69) is 15.6 Å². The van der Waals surface area contributed by atoms with Crippen LogP contribution < -0.4 is 10.6 Å². The summed E-state index contributed by atoms with van der Waals surface area (Å²) in [5.41, 5.74) is 1.52. The van der Waals surface area contributed by atoms with E-state index in [4.69, 9.17) is 11.6 Å². The van der Waals surface area contributed by atoms with Crippen LogP contribution in [-0.4, -0.2) is 29.1 Å². The molecule has 0 unspecified atom stereocenters. The van der Waals surface area contributed by atoms with Crippen LogP contribution in [0.2, 0.25) is 5.02 Å². The maximum atomic E-state index is 11.9. The molecule has 0 saturated carbocycles. The van der Waals surface area contributed by atoms with Crippen molar-refractivity contribution in [1.82, 2.24) is 10.3 Å². The SMILES string of the molecule is Cc1ccc(NCCCNC(=O)[C@@H](O)c2ccccc2Cl)nc1. The number of aromatic nitrogens is 1. The predicted molar refractivity (Wildman–Crippen MR) is 91.5 cm³/mol. The number of rotatable bonds is 7. The molecule has 122 valence electrons. The number of nitrogens with one attached hydrogen (secondary N) is 2. The summed E-state index contributed by atoms with van der Waals surface area (Å²) in [4.78, 5) is 16.1. The predicted octanol–water partition coefficient (Wildman–Crippen LogP) is 2.70. The Morgan fingerprint density at radius 1 is 1.26 bits per heavy atom. The van der Waals surface area contributed by atoms with Gasteiger partial charge in [-0.1, -0.05) is 35.9 Å². The van der Waals surface area contributed by atoms with Crippen LogP contribution in [0.3, 0.4) is 0 Å². The molecule has 0 aliphatic rings. The zero-order valence-corrected chi connectivity index (χ0v) is 13.7. The fourth-order valence-electron chi connectivity index (χ4n) is 2.02. The first-order chi connectivity index (χ1) is 11.1. The molecule has 0 radical (unpaired) electrons. The van der Waals surface area contributed by atoms with E-state index in [9.17, 15) is 9.90 Å². The molecule has 23 heavy (non-hydrogen) atoms. The van der Waals surface area contributed by atoms with Gasteiger partial charge in [0.15, 0.2) is 6.10 Å². The molecule has 1 aromatic heterocycles. The monoisotopic (exact) mass is 333 g/mol. The molecule has 2 rings (SSSR count). The quantitative estimate of drug-likeness (QED) is 0.681. The highest BCUT2D eigenvalue weighted by Gasteiger charge is 2.18. The number of halogens is 1. The Morgan fingerprint density at radius 3 is 2.74 bits per heavy atom. The normalized spacial score (nSPS) is 11.8. The molecule has 1 heterocycles. The van der Waals surface area contributed by atoms with E-state index >= 15 is 0 Å². The average molecular weight is 334 g/mol. The van der Waals surface area contributed by atoms with Gasteiger partial charge in [0.1, 0.15) is 5.82 Å². The minimum Gasteiger partial charge on any atom is -0.378 e. The maximum absolute atomic E-state index is 11.9. The summed E-state index contributed by atoms with van der Waals surface area (Å²) in [7, 11) is 0. The Hall–Kier alpha value is -2.11. The van der Waals surface area contributed by atoms with E-state index in [-0.39, 0.29) is 0 Å². The second-order valence-electron chi connectivity index (χ2n) is 5.22. The van der Waals surface area contributed by atoms with Crippen molar-refractivity contribution in [1.29, 1.82) is 0 Å². The fraction of sp³-hybridized carbons (Fsp3) is 0.294. The van der Waals surface area contributed by atoms with Crippen LogP contribution in [0.25, 0.3) is 0 Å². The molecule has 0 spiro atoms. The number of nitrogens with zero attached hydrogens (tertiary/aromatic N) is 1. The second kappa shape index (κ2) is 8.50. The first-order valence-corrected chi connectivity index (χ1v) is 7.82. The molecular formula is C17H20ClN3O2. The Morgan fingerprint density at radius 2 is 2.04 bits per heavy atom. The van der Waals surface area contributed by atoms with Crippen molar-refractivity contribution in [2.75, 3.05) is 18.4 Å². The summed E-state index contributed by atoms with van der Waals surface area (Å²) in [5.74, 6) is 0.351. The highest BCUT2D eigenvalue weighted by Crippen LogP contribution is 2.22. The van der Waals surface area contributed by atoms with E-state index in [1.54, 1.807) is 30.5 Å². The first kappa shape index (κ1) is 17.2. The van der Waals surface area contributed by atoms with Crippen LogP contribution >= 0.6 is 11.6 Å². The van der Waals surface area contributed by atoms with Crippen LogP contribution in [0.15, 0.2) is 42.6 Å². The van der Waals surface area contributed by atoms with Crippen molar-refractivity contribution < 1.29 is 9.90 Å². The van der Waals surface area contributed by atoms with Crippen LogP contribution in [0, 0.1) is 6.92 Å². The van der Waals surface area contributed by atoms with Crippen molar-refractivity contribution >= 4 is 23.3 Å². The lowest BCUT2D eigenvalue weighted by atomic mass is 10.1. The van der Waals surface area contributed by atoms with E-state index < -0.39 is 12.0 Å². The second-order valence-corrected chi connectivity index (χ2v) is 5.62. The third kappa shape index (κ3) is 5.23. The van der Waals surface area contributed by atoms with Crippen molar-refractivity contribution in [2.45, 2.75) is 19.4 Å². The molecule has 0 aliphatic carbocycles. The highest BCUT2D eigenvalue weighted by atomic mass is 35.5. The number of aliphatic hydroxyl groups excluding tert-OH is 1. The van der Waals surface area contributed by atoms with Gasteiger partial charge < -0.3 is 15.7 Å². The van der Waals surface area contributed by atoms with E-state index in [0.717, 1.165) is 17.8 Å². The van der Waals surface area contributed by atoms with Gasteiger partial charge in [-0.2, -0.15) is 0 Å². The summed E-state index contributed by atoms with van der Waals surface area (Å²) in [6.07, 6.45) is 1.26. The smallest absolute Gasteiger partial charge is 0.253 e. The molecule has 0 fully saturated rings. The molecule has 2 aromatic rings.